The Hall–Kier alpha value is -2.59. The Morgan fingerprint density at radius 1 is 1.12 bits per heavy atom. The van der Waals surface area contributed by atoms with Crippen LogP contribution >= 0.6 is 11.6 Å². The summed E-state index contributed by atoms with van der Waals surface area (Å²) in [5.41, 5.74) is 2.54. The van der Waals surface area contributed by atoms with Crippen LogP contribution < -0.4 is 4.90 Å². The molecule has 0 atom stereocenters. The number of ketones is 1. The molecule has 1 aliphatic rings. The molecule has 0 fully saturated rings. The number of rotatable bonds is 3. The van der Waals surface area contributed by atoms with Crippen LogP contribution in [0.1, 0.15) is 22.3 Å². The van der Waals surface area contributed by atoms with Crippen molar-refractivity contribution in [3.63, 3.8) is 0 Å². The van der Waals surface area contributed by atoms with Crippen molar-refractivity contribution in [1.82, 2.24) is 4.90 Å². The average molecular weight is 355 g/mol. The molecule has 0 bridgehead atoms. The molecule has 2 aromatic carbocycles. The second kappa shape index (κ2) is 7.11. The van der Waals surface area contributed by atoms with Crippen LogP contribution in [-0.4, -0.2) is 30.7 Å². The van der Waals surface area contributed by atoms with Gasteiger partial charge in [0.25, 0.3) is 0 Å². The maximum atomic E-state index is 12.9. The Labute approximate surface area is 152 Å². The lowest BCUT2D eigenvalue weighted by atomic mass is 10.0. The van der Waals surface area contributed by atoms with Crippen molar-refractivity contribution in [2.24, 2.45) is 0 Å². The normalized spacial score (nSPS) is 16.0. The Bertz CT molecular complexity index is 844. The lowest BCUT2D eigenvalue weighted by molar-refractivity contribution is -0.118. The molecular formula is C20H19ClN2O2. The molecule has 1 aliphatic heterocycles. The first-order valence-corrected chi connectivity index (χ1v) is 8.39. The van der Waals surface area contributed by atoms with E-state index in [0.29, 0.717) is 28.4 Å². The van der Waals surface area contributed by atoms with Gasteiger partial charge in [-0.3, -0.25) is 9.59 Å². The minimum atomic E-state index is -0.135. The fourth-order valence-electron chi connectivity index (χ4n) is 2.92. The van der Waals surface area contributed by atoms with E-state index in [9.17, 15) is 9.59 Å². The number of hydrogen-bond donors (Lipinski definition) is 0. The maximum Gasteiger partial charge on any atom is 0.231 e. The summed E-state index contributed by atoms with van der Waals surface area (Å²) in [5.74, 6) is -0.254. The smallest absolute Gasteiger partial charge is 0.231 e. The molecule has 0 aliphatic carbocycles. The summed E-state index contributed by atoms with van der Waals surface area (Å²) in [6, 6.07) is 14.8. The second-order valence-corrected chi connectivity index (χ2v) is 6.69. The molecule has 0 radical (unpaired) electrons. The highest BCUT2D eigenvalue weighted by atomic mass is 35.5. The van der Waals surface area contributed by atoms with Crippen LogP contribution in [0.25, 0.3) is 0 Å². The van der Waals surface area contributed by atoms with Gasteiger partial charge in [0.2, 0.25) is 5.91 Å². The van der Waals surface area contributed by atoms with E-state index in [4.69, 9.17) is 11.6 Å². The SMILES string of the molecule is CN(C)/C=C1/CC(=O)N(Cc2ccccc2)c2cc(Cl)ccc2C1=O. The molecule has 3 rings (SSSR count). The topological polar surface area (TPSA) is 40.6 Å². The van der Waals surface area contributed by atoms with Crippen LogP contribution in [0.3, 0.4) is 0 Å². The molecule has 0 N–H and O–H groups in total. The van der Waals surface area contributed by atoms with E-state index >= 15 is 0 Å². The molecule has 1 amide bonds. The second-order valence-electron chi connectivity index (χ2n) is 6.25. The van der Waals surface area contributed by atoms with Gasteiger partial charge in [-0.1, -0.05) is 41.9 Å². The van der Waals surface area contributed by atoms with E-state index in [2.05, 4.69) is 0 Å². The summed E-state index contributed by atoms with van der Waals surface area (Å²) < 4.78 is 0. The van der Waals surface area contributed by atoms with E-state index in [1.807, 2.05) is 44.4 Å². The van der Waals surface area contributed by atoms with Crippen LogP contribution in [0.4, 0.5) is 5.69 Å². The van der Waals surface area contributed by atoms with Gasteiger partial charge >= 0.3 is 0 Å². The first kappa shape index (κ1) is 17.2. The third kappa shape index (κ3) is 3.74. The molecule has 25 heavy (non-hydrogen) atoms. The molecule has 4 nitrogen and oxygen atoms in total. The maximum absolute atomic E-state index is 12.9. The van der Waals surface area contributed by atoms with Crippen molar-refractivity contribution in [3.05, 3.63) is 76.5 Å². The number of nitrogens with zero attached hydrogens (tertiary/aromatic N) is 2. The molecule has 128 valence electrons. The number of hydrogen-bond acceptors (Lipinski definition) is 3. The number of fused-ring (bicyclic) bond motifs is 1. The van der Waals surface area contributed by atoms with Gasteiger partial charge in [-0.05, 0) is 23.8 Å². The molecule has 1 heterocycles. The first-order valence-electron chi connectivity index (χ1n) is 8.01. The van der Waals surface area contributed by atoms with Crippen LogP contribution in [-0.2, 0) is 11.3 Å². The standard InChI is InChI=1S/C20H19ClN2O2/c1-22(2)13-15-10-19(24)23(12-14-6-4-3-5-7-14)18-11-16(21)8-9-17(18)20(15)25/h3-9,11,13H,10,12H2,1-2H3/b15-13-. The van der Waals surface area contributed by atoms with Crippen molar-refractivity contribution < 1.29 is 9.59 Å². The zero-order chi connectivity index (χ0) is 18.0. The van der Waals surface area contributed by atoms with E-state index in [1.54, 1.807) is 34.2 Å². The molecule has 2 aromatic rings. The predicted octanol–water partition coefficient (Wildman–Crippen LogP) is 3.91. The van der Waals surface area contributed by atoms with Crippen molar-refractivity contribution >= 4 is 29.0 Å². The lowest BCUT2D eigenvalue weighted by Crippen LogP contribution is -2.29. The molecule has 0 saturated carbocycles. The van der Waals surface area contributed by atoms with Crippen LogP contribution in [0.2, 0.25) is 5.02 Å². The molecule has 5 heteroatoms. The Kier molecular flexibility index (Phi) is 4.91. The number of benzene rings is 2. The number of carbonyl (C=O) groups is 2. The molecule has 0 spiro atoms. The van der Waals surface area contributed by atoms with Gasteiger partial charge in [0.05, 0.1) is 18.7 Å². The highest BCUT2D eigenvalue weighted by Crippen LogP contribution is 2.33. The number of amides is 1. The number of halogens is 1. The Morgan fingerprint density at radius 2 is 1.84 bits per heavy atom. The summed E-state index contributed by atoms with van der Waals surface area (Å²) in [6.07, 6.45) is 1.78. The van der Waals surface area contributed by atoms with Gasteiger partial charge in [0.1, 0.15) is 0 Å². The van der Waals surface area contributed by atoms with Crippen molar-refractivity contribution in [2.75, 3.05) is 19.0 Å². The zero-order valence-electron chi connectivity index (χ0n) is 14.2. The fourth-order valence-corrected chi connectivity index (χ4v) is 3.09. The van der Waals surface area contributed by atoms with E-state index in [-0.39, 0.29) is 18.1 Å². The molecule has 0 aromatic heterocycles. The van der Waals surface area contributed by atoms with Crippen LogP contribution in [0, 0.1) is 0 Å². The van der Waals surface area contributed by atoms with E-state index in [0.717, 1.165) is 5.56 Å². The zero-order valence-corrected chi connectivity index (χ0v) is 15.0. The highest BCUT2D eigenvalue weighted by molar-refractivity contribution is 6.31. The quantitative estimate of drug-likeness (QED) is 0.785. The number of carbonyl (C=O) groups excluding carboxylic acids is 2. The van der Waals surface area contributed by atoms with Crippen molar-refractivity contribution in [1.29, 1.82) is 0 Å². The number of anilines is 1. The third-order valence-corrected chi connectivity index (χ3v) is 4.26. The summed E-state index contributed by atoms with van der Waals surface area (Å²) in [5, 5.41) is 0.498. The molecule has 0 unspecified atom stereocenters. The van der Waals surface area contributed by atoms with Gasteiger partial charge in [0.15, 0.2) is 5.78 Å². The van der Waals surface area contributed by atoms with E-state index in [1.165, 1.54) is 0 Å². The average Bonchev–Trinajstić information content (AvgIpc) is 2.66. The summed E-state index contributed by atoms with van der Waals surface area (Å²) in [6.45, 7) is 0.398. The largest absolute Gasteiger partial charge is 0.383 e. The predicted molar refractivity (Wildman–Crippen MR) is 99.8 cm³/mol. The van der Waals surface area contributed by atoms with Gasteiger partial charge in [-0.25, -0.2) is 0 Å². The minimum Gasteiger partial charge on any atom is -0.383 e. The van der Waals surface area contributed by atoms with Crippen LogP contribution in [0.5, 0.6) is 0 Å². The molecular weight excluding hydrogens is 336 g/mol. The van der Waals surface area contributed by atoms with Gasteiger partial charge < -0.3 is 9.80 Å². The first-order chi connectivity index (χ1) is 12.0. The summed E-state index contributed by atoms with van der Waals surface area (Å²) in [7, 11) is 3.67. The summed E-state index contributed by atoms with van der Waals surface area (Å²) >= 11 is 6.14. The number of Topliss-reactive ketones (excluding diaryl/α,β-unsaturated/α-hetero) is 1. The Morgan fingerprint density at radius 3 is 2.52 bits per heavy atom. The van der Waals surface area contributed by atoms with E-state index < -0.39 is 0 Å². The van der Waals surface area contributed by atoms with Gasteiger partial charge in [-0.15, -0.1) is 0 Å². The Balaban J connectivity index is 2.10. The minimum absolute atomic E-state index is 0.0656. The van der Waals surface area contributed by atoms with Crippen molar-refractivity contribution in [3.8, 4) is 0 Å². The van der Waals surface area contributed by atoms with Crippen LogP contribution in [0.15, 0.2) is 60.3 Å². The van der Waals surface area contributed by atoms with Crippen molar-refractivity contribution in [2.45, 2.75) is 13.0 Å². The monoisotopic (exact) mass is 354 g/mol. The van der Waals surface area contributed by atoms with Gasteiger partial charge in [-0.2, -0.15) is 0 Å². The summed E-state index contributed by atoms with van der Waals surface area (Å²) in [4.78, 5) is 29.2. The van der Waals surface area contributed by atoms with Gasteiger partial charge in [0, 0.05) is 36.5 Å². The fraction of sp³-hybridized carbons (Fsp3) is 0.200. The third-order valence-electron chi connectivity index (χ3n) is 4.03. The molecule has 0 saturated heterocycles. The highest BCUT2D eigenvalue weighted by Gasteiger charge is 2.30. The lowest BCUT2D eigenvalue weighted by Gasteiger charge is -2.23.